The lowest BCUT2D eigenvalue weighted by atomic mass is 10.1. The molecule has 0 radical (unpaired) electrons. The topological polar surface area (TPSA) is 72.2 Å². The Hall–Kier alpha value is -1.37. The SMILES string of the molecule is Cc1cc(N)c(S(=O)(=O)NCc2sccc2C)cc1C. The summed E-state index contributed by atoms with van der Waals surface area (Å²) in [6, 6.07) is 5.28. The van der Waals surface area contributed by atoms with Crippen molar-refractivity contribution in [2.45, 2.75) is 32.2 Å². The zero-order valence-electron chi connectivity index (χ0n) is 11.7. The van der Waals surface area contributed by atoms with E-state index in [1.165, 1.54) is 11.3 Å². The van der Waals surface area contributed by atoms with Gasteiger partial charge in [0.25, 0.3) is 0 Å². The molecule has 0 bridgehead atoms. The van der Waals surface area contributed by atoms with Gasteiger partial charge in [-0.1, -0.05) is 0 Å². The van der Waals surface area contributed by atoms with Crippen LogP contribution < -0.4 is 10.5 Å². The van der Waals surface area contributed by atoms with Crippen molar-refractivity contribution in [1.82, 2.24) is 4.72 Å². The highest BCUT2D eigenvalue weighted by Crippen LogP contribution is 2.23. The molecule has 4 nitrogen and oxygen atoms in total. The van der Waals surface area contributed by atoms with Crippen molar-refractivity contribution in [3.8, 4) is 0 Å². The highest BCUT2D eigenvalue weighted by atomic mass is 32.2. The largest absolute Gasteiger partial charge is 0.398 e. The molecular weight excluding hydrogens is 292 g/mol. The predicted molar refractivity (Wildman–Crippen MR) is 83.4 cm³/mol. The van der Waals surface area contributed by atoms with Gasteiger partial charge >= 0.3 is 0 Å². The molecule has 1 heterocycles. The molecule has 0 spiro atoms. The normalized spacial score (nSPS) is 11.8. The average Bonchev–Trinajstić information content (AvgIpc) is 2.77. The molecule has 1 aromatic carbocycles. The van der Waals surface area contributed by atoms with Crippen LogP contribution >= 0.6 is 11.3 Å². The fraction of sp³-hybridized carbons (Fsp3) is 0.286. The van der Waals surface area contributed by atoms with Gasteiger partial charge in [0, 0.05) is 11.4 Å². The van der Waals surface area contributed by atoms with Crippen LogP contribution in [-0.2, 0) is 16.6 Å². The minimum atomic E-state index is -3.59. The molecule has 20 heavy (non-hydrogen) atoms. The Morgan fingerprint density at radius 1 is 1.15 bits per heavy atom. The smallest absolute Gasteiger partial charge is 0.242 e. The lowest BCUT2D eigenvalue weighted by Gasteiger charge is -2.11. The minimum absolute atomic E-state index is 0.148. The van der Waals surface area contributed by atoms with Gasteiger partial charge in [-0.05, 0) is 61.0 Å². The third kappa shape index (κ3) is 3.03. The first-order chi connectivity index (χ1) is 9.31. The Morgan fingerprint density at radius 2 is 1.80 bits per heavy atom. The Morgan fingerprint density at radius 3 is 2.40 bits per heavy atom. The van der Waals surface area contributed by atoms with Gasteiger partial charge in [0.15, 0.2) is 0 Å². The minimum Gasteiger partial charge on any atom is -0.398 e. The van der Waals surface area contributed by atoms with Gasteiger partial charge in [0.1, 0.15) is 4.90 Å². The summed E-state index contributed by atoms with van der Waals surface area (Å²) in [4.78, 5) is 1.16. The zero-order valence-corrected chi connectivity index (χ0v) is 13.4. The van der Waals surface area contributed by atoms with Crippen molar-refractivity contribution in [3.05, 3.63) is 45.1 Å². The molecule has 0 aliphatic heterocycles. The van der Waals surface area contributed by atoms with E-state index in [-0.39, 0.29) is 17.1 Å². The maximum Gasteiger partial charge on any atom is 0.242 e. The van der Waals surface area contributed by atoms with Crippen molar-refractivity contribution < 1.29 is 8.42 Å². The molecule has 0 fully saturated rings. The van der Waals surface area contributed by atoms with E-state index >= 15 is 0 Å². The molecule has 0 saturated carbocycles. The Kier molecular flexibility index (Phi) is 4.17. The fourth-order valence-electron chi connectivity index (χ4n) is 1.87. The standard InChI is InChI=1S/C14H18N2O2S2/c1-9-4-5-19-13(9)8-16-20(17,18)14-7-11(3)10(2)6-12(14)15/h4-7,16H,8,15H2,1-3H3. The Bertz CT molecular complexity index is 734. The molecule has 108 valence electrons. The van der Waals surface area contributed by atoms with Crippen LogP contribution in [0.3, 0.4) is 0 Å². The van der Waals surface area contributed by atoms with Gasteiger partial charge in [-0.2, -0.15) is 0 Å². The van der Waals surface area contributed by atoms with Crippen LogP contribution in [0.15, 0.2) is 28.5 Å². The number of hydrogen-bond acceptors (Lipinski definition) is 4. The van der Waals surface area contributed by atoms with Crippen LogP contribution in [0.4, 0.5) is 5.69 Å². The molecule has 0 amide bonds. The number of nitrogen functional groups attached to an aromatic ring is 1. The molecule has 0 atom stereocenters. The second kappa shape index (κ2) is 5.55. The molecule has 0 aliphatic rings. The lowest BCUT2D eigenvalue weighted by Crippen LogP contribution is -2.24. The van der Waals surface area contributed by atoms with Gasteiger partial charge < -0.3 is 5.73 Å². The summed E-state index contributed by atoms with van der Waals surface area (Å²) in [5.74, 6) is 0. The first-order valence-corrected chi connectivity index (χ1v) is 8.57. The maximum atomic E-state index is 12.3. The molecule has 2 rings (SSSR count). The molecule has 0 saturated heterocycles. The van der Waals surface area contributed by atoms with Gasteiger partial charge in [0.2, 0.25) is 10.0 Å². The van der Waals surface area contributed by atoms with Crippen molar-refractivity contribution in [2.75, 3.05) is 5.73 Å². The summed E-state index contributed by atoms with van der Waals surface area (Å²) in [7, 11) is -3.59. The van der Waals surface area contributed by atoms with Gasteiger partial charge in [-0.15, -0.1) is 11.3 Å². The summed E-state index contributed by atoms with van der Waals surface area (Å²) in [5.41, 5.74) is 9.10. The second-order valence-electron chi connectivity index (χ2n) is 4.83. The molecule has 6 heteroatoms. The van der Waals surface area contributed by atoms with Crippen LogP contribution in [-0.4, -0.2) is 8.42 Å². The number of nitrogens with one attached hydrogen (secondary N) is 1. The van der Waals surface area contributed by atoms with Gasteiger partial charge in [0.05, 0.1) is 5.69 Å². The predicted octanol–water partition coefficient (Wildman–Crippen LogP) is 2.73. The Labute approximate surface area is 123 Å². The number of anilines is 1. The van der Waals surface area contributed by atoms with Crippen molar-refractivity contribution >= 4 is 27.0 Å². The average molecular weight is 310 g/mol. The monoisotopic (exact) mass is 310 g/mol. The van der Waals surface area contributed by atoms with E-state index in [0.717, 1.165) is 21.6 Å². The highest BCUT2D eigenvalue weighted by molar-refractivity contribution is 7.89. The molecule has 1 aromatic heterocycles. The van der Waals surface area contributed by atoms with E-state index < -0.39 is 10.0 Å². The number of hydrogen-bond donors (Lipinski definition) is 2. The summed E-state index contributed by atoms with van der Waals surface area (Å²) in [5, 5.41) is 1.95. The number of rotatable bonds is 4. The first-order valence-electron chi connectivity index (χ1n) is 6.20. The molecule has 0 aliphatic carbocycles. The maximum absolute atomic E-state index is 12.3. The van der Waals surface area contributed by atoms with Crippen molar-refractivity contribution in [1.29, 1.82) is 0 Å². The van der Waals surface area contributed by atoms with Crippen LogP contribution in [0, 0.1) is 20.8 Å². The molecule has 3 N–H and O–H groups in total. The number of nitrogens with two attached hydrogens (primary N) is 1. The summed E-state index contributed by atoms with van der Waals surface area (Å²) in [6.07, 6.45) is 0. The zero-order chi connectivity index (χ0) is 14.9. The molecule has 0 unspecified atom stereocenters. The van der Waals surface area contributed by atoms with Crippen LogP contribution in [0.25, 0.3) is 0 Å². The highest BCUT2D eigenvalue weighted by Gasteiger charge is 2.18. The number of aryl methyl sites for hydroxylation is 3. The van der Waals surface area contributed by atoms with Crippen molar-refractivity contribution in [3.63, 3.8) is 0 Å². The first kappa shape index (κ1) is 15.0. The fourth-order valence-corrected chi connectivity index (χ4v) is 4.00. The third-order valence-electron chi connectivity index (χ3n) is 3.31. The van der Waals surface area contributed by atoms with Crippen LogP contribution in [0.5, 0.6) is 0 Å². The number of sulfonamides is 1. The quantitative estimate of drug-likeness (QED) is 0.853. The van der Waals surface area contributed by atoms with E-state index in [0.29, 0.717) is 0 Å². The second-order valence-corrected chi connectivity index (χ2v) is 7.56. The van der Waals surface area contributed by atoms with Gasteiger partial charge in [-0.25, -0.2) is 13.1 Å². The number of benzene rings is 1. The van der Waals surface area contributed by atoms with Crippen LogP contribution in [0.1, 0.15) is 21.6 Å². The number of thiophene rings is 1. The van der Waals surface area contributed by atoms with Crippen molar-refractivity contribution in [2.24, 2.45) is 0 Å². The van der Waals surface area contributed by atoms with E-state index in [1.807, 2.05) is 32.2 Å². The van der Waals surface area contributed by atoms with Gasteiger partial charge in [-0.3, -0.25) is 0 Å². The van der Waals surface area contributed by atoms with E-state index in [1.54, 1.807) is 12.1 Å². The molecular formula is C14H18N2O2S2. The van der Waals surface area contributed by atoms with Crippen LogP contribution in [0.2, 0.25) is 0 Å². The third-order valence-corrected chi connectivity index (χ3v) is 5.79. The summed E-state index contributed by atoms with van der Waals surface area (Å²) >= 11 is 1.54. The summed E-state index contributed by atoms with van der Waals surface area (Å²) < 4.78 is 27.3. The van der Waals surface area contributed by atoms with E-state index in [2.05, 4.69) is 4.72 Å². The van der Waals surface area contributed by atoms with E-state index in [4.69, 9.17) is 5.73 Å². The Balaban J connectivity index is 2.27. The molecule has 2 aromatic rings. The van der Waals surface area contributed by atoms with E-state index in [9.17, 15) is 8.42 Å². The summed E-state index contributed by atoms with van der Waals surface area (Å²) in [6.45, 7) is 6.03. The lowest BCUT2D eigenvalue weighted by molar-refractivity contribution is 0.582.